The second-order valence-electron chi connectivity index (χ2n) is 6.67. The Hall–Kier alpha value is -0.800. The van der Waals surface area contributed by atoms with E-state index >= 15 is 0 Å². The highest BCUT2D eigenvalue weighted by Crippen LogP contribution is 2.37. The van der Waals surface area contributed by atoms with Gasteiger partial charge in [0.25, 0.3) is 0 Å². The van der Waals surface area contributed by atoms with Gasteiger partial charge in [-0.05, 0) is 31.4 Å². The van der Waals surface area contributed by atoms with Crippen LogP contribution in [-0.2, 0) is 15.9 Å². The third kappa shape index (κ3) is 4.64. The van der Waals surface area contributed by atoms with Crippen LogP contribution in [0.5, 0.6) is 0 Å². The molecule has 1 unspecified atom stereocenters. The summed E-state index contributed by atoms with van der Waals surface area (Å²) in [5.74, 6) is 1.56. The number of hydrogen-bond acceptors (Lipinski definition) is 4. The molecule has 0 aromatic carbocycles. The number of halogens is 1. The molecule has 2 heterocycles. The minimum Gasteiger partial charge on any atom is -0.469 e. The van der Waals surface area contributed by atoms with Crippen LogP contribution in [0.1, 0.15) is 37.9 Å². The summed E-state index contributed by atoms with van der Waals surface area (Å²) in [6, 6.07) is 4.85. The van der Waals surface area contributed by atoms with Crippen LogP contribution in [0.3, 0.4) is 0 Å². The van der Waals surface area contributed by atoms with Crippen molar-refractivity contribution in [1.29, 1.82) is 0 Å². The minimum absolute atomic E-state index is 0. The Morgan fingerprint density at radius 1 is 1.17 bits per heavy atom. The van der Waals surface area contributed by atoms with E-state index in [1.54, 1.807) is 6.26 Å². The van der Waals surface area contributed by atoms with E-state index in [0.29, 0.717) is 12.1 Å². The highest BCUT2D eigenvalue weighted by Gasteiger charge is 2.44. The maximum absolute atomic E-state index is 5.80. The summed E-state index contributed by atoms with van der Waals surface area (Å²) in [5, 5.41) is 7.07. The average molecular weight is 447 g/mol. The van der Waals surface area contributed by atoms with Crippen LogP contribution in [0.2, 0.25) is 0 Å². The van der Waals surface area contributed by atoms with Gasteiger partial charge in [-0.15, -0.1) is 24.0 Å². The van der Waals surface area contributed by atoms with Gasteiger partial charge in [0.15, 0.2) is 11.7 Å². The quantitative estimate of drug-likeness (QED) is 0.413. The predicted octanol–water partition coefficient (Wildman–Crippen LogP) is 2.43. The number of rotatable bonds is 5. The van der Waals surface area contributed by atoms with E-state index in [2.05, 4.69) is 10.6 Å². The average Bonchev–Trinajstić information content (AvgIpc) is 2.98. The SMILES string of the molecule is I.c1coc(CCN=C(NC2CC2)NC2CCC3(C2)OCCO3)c1. The van der Waals surface area contributed by atoms with E-state index in [1.165, 1.54) is 12.8 Å². The number of furan rings is 1. The van der Waals surface area contributed by atoms with Crippen molar-refractivity contribution in [3.05, 3.63) is 24.2 Å². The summed E-state index contributed by atoms with van der Waals surface area (Å²) < 4.78 is 17.0. The van der Waals surface area contributed by atoms with Crippen molar-refractivity contribution in [2.75, 3.05) is 19.8 Å². The molecule has 1 saturated heterocycles. The van der Waals surface area contributed by atoms with Crippen molar-refractivity contribution in [3.8, 4) is 0 Å². The second-order valence-corrected chi connectivity index (χ2v) is 6.67. The minimum atomic E-state index is -0.337. The fourth-order valence-electron chi connectivity index (χ4n) is 3.34. The van der Waals surface area contributed by atoms with Crippen molar-refractivity contribution in [2.24, 2.45) is 4.99 Å². The van der Waals surface area contributed by atoms with E-state index in [1.807, 2.05) is 12.1 Å². The summed E-state index contributed by atoms with van der Waals surface area (Å²) in [5.41, 5.74) is 0. The summed E-state index contributed by atoms with van der Waals surface area (Å²) in [4.78, 5) is 4.71. The lowest BCUT2D eigenvalue weighted by atomic mass is 10.2. The molecule has 1 spiro atoms. The molecule has 6 nitrogen and oxygen atoms in total. The van der Waals surface area contributed by atoms with Crippen molar-refractivity contribution >= 4 is 29.9 Å². The summed E-state index contributed by atoms with van der Waals surface area (Å²) in [7, 11) is 0. The zero-order valence-corrected chi connectivity index (χ0v) is 16.2. The van der Waals surface area contributed by atoms with E-state index in [9.17, 15) is 0 Å². The first kappa shape index (κ1) is 18.0. The summed E-state index contributed by atoms with van der Waals surface area (Å²) in [6.45, 7) is 2.16. The van der Waals surface area contributed by atoms with Crippen LogP contribution in [0.15, 0.2) is 27.8 Å². The molecule has 134 valence electrons. The molecule has 1 aromatic heterocycles. The fraction of sp³-hybridized carbons (Fsp3) is 0.706. The molecule has 1 atom stereocenters. The van der Waals surface area contributed by atoms with Gasteiger partial charge in [0, 0.05) is 37.9 Å². The molecule has 3 fully saturated rings. The monoisotopic (exact) mass is 447 g/mol. The molecule has 3 aliphatic rings. The van der Waals surface area contributed by atoms with Gasteiger partial charge in [0.1, 0.15) is 5.76 Å². The smallest absolute Gasteiger partial charge is 0.191 e. The zero-order chi connectivity index (χ0) is 15.5. The number of hydrogen-bond donors (Lipinski definition) is 2. The Kier molecular flexibility index (Phi) is 6.04. The van der Waals surface area contributed by atoms with E-state index in [-0.39, 0.29) is 29.8 Å². The van der Waals surface area contributed by atoms with Crippen molar-refractivity contribution in [1.82, 2.24) is 10.6 Å². The van der Waals surface area contributed by atoms with Gasteiger partial charge in [-0.2, -0.15) is 0 Å². The Labute approximate surface area is 159 Å². The van der Waals surface area contributed by atoms with Crippen LogP contribution in [0, 0.1) is 0 Å². The molecule has 0 bridgehead atoms. The van der Waals surface area contributed by atoms with Gasteiger partial charge >= 0.3 is 0 Å². The van der Waals surface area contributed by atoms with Crippen LogP contribution < -0.4 is 10.6 Å². The highest BCUT2D eigenvalue weighted by molar-refractivity contribution is 14.0. The Morgan fingerprint density at radius 2 is 1.96 bits per heavy atom. The normalized spacial score (nSPS) is 25.7. The molecule has 1 aromatic rings. The predicted molar refractivity (Wildman–Crippen MR) is 102 cm³/mol. The molecule has 1 aliphatic heterocycles. The van der Waals surface area contributed by atoms with E-state index in [0.717, 1.165) is 57.2 Å². The van der Waals surface area contributed by atoms with E-state index in [4.69, 9.17) is 18.9 Å². The number of ether oxygens (including phenoxy) is 2. The molecule has 24 heavy (non-hydrogen) atoms. The molecule has 4 rings (SSSR count). The van der Waals surface area contributed by atoms with Gasteiger partial charge in [-0.25, -0.2) is 0 Å². The Bertz CT molecular complexity index is 539. The fourth-order valence-corrected chi connectivity index (χ4v) is 3.34. The zero-order valence-electron chi connectivity index (χ0n) is 13.8. The standard InChI is InChI=1S/C17H25N3O3.HI/c1-2-15(21-9-1)6-8-18-16(19-13-3-4-13)20-14-5-7-17(12-14)22-10-11-23-17;/h1-2,9,13-14H,3-8,10-12H2,(H2,18,19,20);1H. The summed E-state index contributed by atoms with van der Waals surface area (Å²) in [6.07, 6.45) is 7.93. The second kappa shape index (κ2) is 8.05. The topological polar surface area (TPSA) is 68.0 Å². The maximum Gasteiger partial charge on any atom is 0.191 e. The molecule has 0 amide bonds. The Balaban J connectivity index is 0.00000169. The largest absolute Gasteiger partial charge is 0.469 e. The number of guanidine groups is 1. The van der Waals surface area contributed by atoms with Gasteiger partial charge in [0.2, 0.25) is 0 Å². The van der Waals surface area contributed by atoms with Crippen molar-refractivity contribution in [3.63, 3.8) is 0 Å². The van der Waals surface area contributed by atoms with Gasteiger partial charge < -0.3 is 24.5 Å². The molecule has 2 N–H and O–H groups in total. The number of aliphatic imine (C=N–C) groups is 1. The third-order valence-corrected chi connectivity index (χ3v) is 4.71. The third-order valence-electron chi connectivity index (χ3n) is 4.71. The lowest BCUT2D eigenvalue weighted by Crippen LogP contribution is -2.44. The molecular formula is C17H26IN3O3. The Morgan fingerprint density at radius 3 is 2.67 bits per heavy atom. The lowest BCUT2D eigenvalue weighted by Gasteiger charge is -2.22. The van der Waals surface area contributed by atoms with Crippen LogP contribution >= 0.6 is 24.0 Å². The van der Waals surface area contributed by atoms with E-state index < -0.39 is 0 Å². The molecular weight excluding hydrogens is 421 g/mol. The van der Waals surface area contributed by atoms with Crippen LogP contribution in [0.25, 0.3) is 0 Å². The molecule has 2 saturated carbocycles. The first-order chi connectivity index (χ1) is 11.3. The van der Waals surface area contributed by atoms with Gasteiger partial charge in [-0.3, -0.25) is 4.99 Å². The summed E-state index contributed by atoms with van der Waals surface area (Å²) >= 11 is 0. The first-order valence-corrected chi connectivity index (χ1v) is 8.69. The van der Waals surface area contributed by atoms with Crippen molar-refractivity contribution in [2.45, 2.75) is 56.4 Å². The lowest BCUT2D eigenvalue weighted by molar-refractivity contribution is -0.151. The van der Waals surface area contributed by atoms with Gasteiger partial charge in [-0.1, -0.05) is 0 Å². The molecule has 2 aliphatic carbocycles. The van der Waals surface area contributed by atoms with Crippen LogP contribution in [0.4, 0.5) is 0 Å². The van der Waals surface area contributed by atoms with Crippen LogP contribution in [-0.4, -0.2) is 43.6 Å². The maximum atomic E-state index is 5.80. The van der Waals surface area contributed by atoms with Crippen molar-refractivity contribution < 1.29 is 13.9 Å². The first-order valence-electron chi connectivity index (χ1n) is 8.69. The number of nitrogens with one attached hydrogen (secondary N) is 2. The highest BCUT2D eigenvalue weighted by atomic mass is 127. The van der Waals surface area contributed by atoms with Gasteiger partial charge in [0.05, 0.1) is 19.5 Å². The molecule has 0 radical (unpaired) electrons. The number of nitrogens with zero attached hydrogens (tertiary/aromatic N) is 1. The molecule has 7 heteroatoms.